The number of aryl methyl sites for hydroxylation is 1. The first-order valence-electron chi connectivity index (χ1n) is 10.1. The normalized spacial score (nSPS) is 13.8. The maximum atomic E-state index is 13.3. The van der Waals surface area contributed by atoms with Crippen LogP contribution in [-0.2, 0) is 21.1 Å². The average Bonchev–Trinajstić information content (AvgIpc) is 3.11. The summed E-state index contributed by atoms with van der Waals surface area (Å²) in [5.74, 6) is -1.22. The number of rotatable bonds is 10. The molecular weight excluding hydrogens is 452 g/mol. The fourth-order valence-corrected chi connectivity index (χ4v) is 5.59. The third-order valence-electron chi connectivity index (χ3n) is 5.48. The number of amides is 3. The van der Waals surface area contributed by atoms with Crippen molar-refractivity contribution < 1.29 is 37.5 Å². The summed E-state index contributed by atoms with van der Waals surface area (Å²) in [4.78, 5) is 35.7. The van der Waals surface area contributed by atoms with Gasteiger partial charge in [0.15, 0.2) is 21.3 Å². The molecule has 33 heavy (non-hydrogen) atoms. The van der Waals surface area contributed by atoms with Gasteiger partial charge >= 0.3 is 0 Å². The quantitative estimate of drug-likeness (QED) is 0.266. The molecule has 10 nitrogen and oxygen atoms in total. The molecule has 0 saturated carbocycles. The third kappa shape index (κ3) is 4.99. The molecule has 11 heteroatoms. The van der Waals surface area contributed by atoms with Crippen molar-refractivity contribution in [2.75, 3.05) is 14.2 Å². The van der Waals surface area contributed by atoms with Gasteiger partial charge in [-0.15, -0.1) is 0 Å². The number of hydrogen-bond acceptors (Lipinski definition) is 8. The van der Waals surface area contributed by atoms with E-state index in [0.29, 0.717) is 24.2 Å². The van der Waals surface area contributed by atoms with Gasteiger partial charge in [-0.05, 0) is 43.0 Å². The highest BCUT2D eigenvalue weighted by atomic mass is 32.2. The van der Waals surface area contributed by atoms with E-state index in [1.165, 1.54) is 37.9 Å². The topological polar surface area (TPSA) is 148 Å². The van der Waals surface area contributed by atoms with Crippen molar-refractivity contribution in [3.63, 3.8) is 0 Å². The number of carbonyl (C=O) groups excluding carboxylic acids is 3. The van der Waals surface area contributed by atoms with Crippen LogP contribution in [0, 0.1) is 0 Å². The zero-order chi connectivity index (χ0) is 24.2. The zero-order valence-electron chi connectivity index (χ0n) is 18.1. The number of hydroxylamine groups is 1. The van der Waals surface area contributed by atoms with Crippen molar-refractivity contribution in [2.45, 2.75) is 35.8 Å². The molecule has 0 aromatic heterocycles. The minimum atomic E-state index is -3.99. The van der Waals surface area contributed by atoms with Crippen LogP contribution in [0.3, 0.4) is 0 Å². The largest absolute Gasteiger partial charge is 0.493 e. The van der Waals surface area contributed by atoms with Gasteiger partial charge in [-0.2, -0.15) is 0 Å². The molecule has 0 aliphatic carbocycles. The first kappa shape index (κ1) is 24.2. The summed E-state index contributed by atoms with van der Waals surface area (Å²) in [7, 11) is -1.19. The smallest absolute Gasteiger partial charge is 0.259 e. The second-order valence-corrected chi connectivity index (χ2v) is 9.67. The van der Waals surface area contributed by atoms with Crippen LogP contribution in [0.4, 0.5) is 0 Å². The monoisotopic (exact) mass is 476 g/mol. The van der Waals surface area contributed by atoms with E-state index < -0.39 is 39.2 Å². The van der Waals surface area contributed by atoms with E-state index in [-0.39, 0.29) is 28.2 Å². The van der Waals surface area contributed by atoms with Gasteiger partial charge in [0.05, 0.1) is 35.5 Å². The van der Waals surface area contributed by atoms with E-state index in [0.717, 1.165) is 0 Å². The summed E-state index contributed by atoms with van der Waals surface area (Å²) < 4.78 is 36.9. The van der Waals surface area contributed by atoms with Gasteiger partial charge in [0.1, 0.15) is 0 Å². The van der Waals surface area contributed by atoms with Crippen molar-refractivity contribution in [1.29, 1.82) is 0 Å². The lowest BCUT2D eigenvalue weighted by atomic mass is 9.97. The molecule has 0 fully saturated rings. The Morgan fingerprint density at radius 1 is 1.09 bits per heavy atom. The highest BCUT2D eigenvalue weighted by Gasteiger charge is 2.32. The number of ether oxygens (including phenoxy) is 2. The SMILES string of the molecule is COc1ccc(S(=O)(=O)C(CCCc2cccc3c2C(=O)NC3=O)CC(=O)NO)cc1OC. The van der Waals surface area contributed by atoms with Crippen molar-refractivity contribution in [3.05, 3.63) is 53.1 Å². The maximum absolute atomic E-state index is 13.3. The minimum Gasteiger partial charge on any atom is -0.493 e. The highest BCUT2D eigenvalue weighted by molar-refractivity contribution is 7.92. The van der Waals surface area contributed by atoms with Gasteiger partial charge in [0, 0.05) is 12.5 Å². The molecule has 0 spiro atoms. The molecule has 3 rings (SSSR count). The zero-order valence-corrected chi connectivity index (χ0v) is 18.9. The van der Waals surface area contributed by atoms with Crippen LogP contribution >= 0.6 is 0 Å². The van der Waals surface area contributed by atoms with Gasteiger partial charge in [-0.1, -0.05) is 12.1 Å². The van der Waals surface area contributed by atoms with E-state index in [1.807, 2.05) is 0 Å². The van der Waals surface area contributed by atoms with Gasteiger partial charge < -0.3 is 9.47 Å². The van der Waals surface area contributed by atoms with E-state index in [2.05, 4.69) is 5.32 Å². The van der Waals surface area contributed by atoms with Crippen LogP contribution in [0.2, 0.25) is 0 Å². The van der Waals surface area contributed by atoms with Crippen LogP contribution in [0.5, 0.6) is 11.5 Å². The Morgan fingerprint density at radius 3 is 2.48 bits per heavy atom. The Bertz CT molecular complexity index is 1190. The van der Waals surface area contributed by atoms with Gasteiger partial charge in [-0.3, -0.25) is 24.9 Å². The van der Waals surface area contributed by atoms with Gasteiger partial charge in [-0.25, -0.2) is 13.9 Å². The van der Waals surface area contributed by atoms with Crippen LogP contribution in [0.25, 0.3) is 0 Å². The summed E-state index contributed by atoms with van der Waals surface area (Å²) in [6.07, 6.45) is 0.249. The molecule has 1 aliphatic heterocycles. The van der Waals surface area contributed by atoms with E-state index in [4.69, 9.17) is 14.7 Å². The van der Waals surface area contributed by atoms with Crippen molar-refractivity contribution in [1.82, 2.24) is 10.8 Å². The molecule has 0 saturated heterocycles. The van der Waals surface area contributed by atoms with Crippen LogP contribution in [0.1, 0.15) is 45.5 Å². The molecule has 3 amide bonds. The molecule has 176 valence electrons. The minimum absolute atomic E-state index is 0.0542. The van der Waals surface area contributed by atoms with Gasteiger partial charge in [0.25, 0.3) is 11.8 Å². The molecule has 1 aliphatic rings. The van der Waals surface area contributed by atoms with Crippen LogP contribution < -0.4 is 20.3 Å². The molecular formula is C22H24N2O8S. The first-order valence-corrected chi connectivity index (χ1v) is 11.6. The predicted octanol–water partition coefficient (Wildman–Crippen LogP) is 1.65. The van der Waals surface area contributed by atoms with Crippen molar-refractivity contribution in [2.24, 2.45) is 0 Å². The highest BCUT2D eigenvalue weighted by Crippen LogP contribution is 2.32. The number of hydrogen-bond donors (Lipinski definition) is 3. The summed E-state index contributed by atoms with van der Waals surface area (Å²) >= 11 is 0. The number of benzene rings is 2. The molecule has 1 atom stereocenters. The van der Waals surface area contributed by atoms with Crippen molar-refractivity contribution >= 4 is 27.6 Å². The molecule has 2 aromatic carbocycles. The second kappa shape index (κ2) is 10.0. The summed E-state index contributed by atoms with van der Waals surface area (Å²) in [5.41, 5.74) is 2.66. The average molecular weight is 477 g/mol. The fraction of sp³-hybridized carbons (Fsp3) is 0.318. The number of sulfone groups is 1. The second-order valence-electron chi connectivity index (χ2n) is 7.44. The Morgan fingerprint density at radius 2 is 1.82 bits per heavy atom. The summed E-state index contributed by atoms with van der Waals surface area (Å²) in [5, 5.41) is 10.0. The summed E-state index contributed by atoms with van der Waals surface area (Å²) in [6, 6.07) is 9.05. The molecule has 2 aromatic rings. The van der Waals surface area contributed by atoms with E-state index in [1.54, 1.807) is 18.2 Å². The number of fused-ring (bicyclic) bond motifs is 1. The van der Waals surface area contributed by atoms with E-state index >= 15 is 0 Å². The molecule has 0 bridgehead atoms. The number of methoxy groups -OCH3 is 2. The molecule has 1 heterocycles. The Balaban J connectivity index is 1.83. The Hall–Kier alpha value is -3.44. The van der Waals surface area contributed by atoms with Gasteiger partial charge in [0.2, 0.25) is 5.91 Å². The van der Waals surface area contributed by atoms with E-state index in [9.17, 15) is 22.8 Å². The fourth-order valence-electron chi connectivity index (χ4n) is 3.82. The Labute approximate surface area is 190 Å². The predicted molar refractivity (Wildman–Crippen MR) is 116 cm³/mol. The van der Waals surface area contributed by atoms with Crippen LogP contribution in [0.15, 0.2) is 41.3 Å². The number of nitrogens with one attached hydrogen (secondary N) is 2. The standard InChI is InChI=1S/C22H24N2O8S/c1-31-17-10-9-15(11-18(17)32-2)33(29,30)14(12-19(25)24-28)7-3-5-13-6-4-8-16-20(13)22(27)23-21(16)26/h4,6,8-11,14,28H,3,5,7,12H2,1-2H3,(H,24,25)(H,23,26,27). The van der Waals surface area contributed by atoms with Crippen LogP contribution in [-0.4, -0.2) is 50.8 Å². The molecule has 0 radical (unpaired) electrons. The Kier molecular flexibility index (Phi) is 7.34. The van der Waals surface area contributed by atoms with Crippen molar-refractivity contribution in [3.8, 4) is 11.5 Å². The molecule has 1 unspecified atom stereocenters. The molecule has 3 N–H and O–H groups in total. The first-order chi connectivity index (χ1) is 15.7. The number of imide groups is 1. The number of carbonyl (C=O) groups is 3. The lowest BCUT2D eigenvalue weighted by Crippen LogP contribution is -2.30. The lowest BCUT2D eigenvalue weighted by Gasteiger charge is -2.18. The summed E-state index contributed by atoms with van der Waals surface area (Å²) in [6.45, 7) is 0. The third-order valence-corrected chi connectivity index (χ3v) is 7.67. The lowest BCUT2D eigenvalue weighted by molar-refractivity contribution is -0.129. The maximum Gasteiger partial charge on any atom is 0.259 e.